The molecule has 1 N–H and O–H groups in total. The van der Waals surface area contributed by atoms with Gasteiger partial charge in [-0.2, -0.15) is 4.98 Å². The molecule has 0 aromatic carbocycles. The lowest BCUT2D eigenvalue weighted by Gasteiger charge is -2.21. The number of hydrogen-bond acceptors (Lipinski definition) is 9. The second kappa shape index (κ2) is 8.52. The van der Waals surface area contributed by atoms with Crippen LogP contribution in [-0.2, 0) is 16.4 Å². The van der Waals surface area contributed by atoms with Crippen molar-refractivity contribution in [3.05, 3.63) is 47.0 Å². The summed E-state index contributed by atoms with van der Waals surface area (Å²) in [4.78, 5) is 33.6. The molecule has 0 saturated carbocycles. The first-order chi connectivity index (χ1) is 14.1. The van der Waals surface area contributed by atoms with Crippen molar-refractivity contribution >= 4 is 38.4 Å². The average Bonchev–Trinajstić information content (AvgIpc) is 2.72. The van der Waals surface area contributed by atoms with Crippen molar-refractivity contribution < 1.29 is 8.42 Å². The number of halogens is 1. The molecule has 0 unspecified atom stereocenters. The van der Waals surface area contributed by atoms with E-state index in [2.05, 4.69) is 37.2 Å². The topological polar surface area (TPSA) is 133 Å². The highest BCUT2D eigenvalue weighted by Crippen LogP contribution is 2.21. The Kier molecular flexibility index (Phi) is 6.22. The molecule has 3 rings (SSSR count). The second-order valence-corrected chi connectivity index (χ2v) is 9.42. The Morgan fingerprint density at radius 3 is 2.40 bits per heavy atom. The third kappa shape index (κ3) is 4.36. The van der Waals surface area contributed by atoms with Crippen molar-refractivity contribution in [2.45, 2.75) is 38.3 Å². The lowest BCUT2D eigenvalue weighted by molar-refractivity contribution is 0.406. The first-order valence-corrected chi connectivity index (χ1v) is 11.2. The summed E-state index contributed by atoms with van der Waals surface area (Å²) in [5.74, 6) is 0.254. The fraction of sp³-hybridized carbons (Fsp3) is 0.389. The Balaban J connectivity index is 1.96. The number of aromatic nitrogens is 6. The van der Waals surface area contributed by atoms with Gasteiger partial charge in [-0.1, -0.05) is 13.8 Å². The number of rotatable bonds is 7. The van der Waals surface area contributed by atoms with E-state index in [4.69, 9.17) is 11.6 Å². The fourth-order valence-electron chi connectivity index (χ4n) is 2.65. The molecule has 0 radical (unpaired) electrons. The maximum absolute atomic E-state index is 13.1. The maximum Gasteiger partial charge on any atom is 0.295 e. The zero-order valence-electron chi connectivity index (χ0n) is 16.7. The van der Waals surface area contributed by atoms with E-state index < -0.39 is 9.84 Å². The molecule has 30 heavy (non-hydrogen) atoms. The first-order valence-electron chi connectivity index (χ1n) is 9.15. The Morgan fingerprint density at radius 2 is 1.80 bits per heavy atom. The molecule has 0 fully saturated rings. The predicted molar refractivity (Wildman–Crippen MR) is 113 cm³/mol. The molecule has 0 aliphatic carbocycles. The average molecular weight is 451 g/mol. The summed E-state index contributed by atoms with van der Waals surface area (Å²) in [5.41, 5.74) is 0.396. The van der Waals surface area contributed by atoms with Crippen LogP contribution in [0.5, 0.6) is 0 Å². The highest BCUT2D eigenvalue weighted by Gasteiger charge is 2.20. The molecule has 1 atom stereocenters. The van der Waals surface area contributed by atoms with Crippen molar-refractivity contribution in [1.82, 2.24) is 29.5 Å². The SMILES string of the molecule is [CH2+]CS(=O)(=O)c1cnc(CNc2nc3cnc(Cl)nc3n([C@@H](C)C(C)C)c2=O)nc1. The van der Waals surface area contributed by atoms with E-state index >= 15 is 0 Å². The minimum atomic E-state index is -3.49. The number of nitrogens with zero attached hydrogens (tertiary/aromatic N) is 6. The van der Waals surface area contributed by atoms with Gasteiger partial charge in [0, 0.05) is 18.4 Å². The van der Waals surface area contributed by atoms with Crippen LogP contribution < -0.4 is 10.9 Å². The summed E-state index contributed by atoms with van der Waals surface area (Å²) in [6.07, 6.45) is 3.88. The number of fused-ring (bicyclic) bond motifs is 1. The quantitative estimate of drug-likeness (QED) is 0.424. The molecule has 12 heteroatoms. The Labute approximate surface area is 178 Å². The van der Waals surface area contributed by atoms with Gasteiger partial charge >= 0.3 is 0 Å². The predicted octanol–water partition coefficient (Wildman–Crippen LogP) is 2.07. The molecular weight excluding hydrogens is 430 g/mol. The van der Waals surface area contributed by atoms with Crippen molar-refractivity contribution in [2.75, 3.05) is 11.1 Å². The molecule has 0 amide bonds. The van der Waals surface area contributed by atoms with Gasteiger partial charge in [0.2, 0.25) is 15.1 Å². The summed E-state index contributed by atoms with van der Waals surface area (Å²) < 4.78 is 25.2. The number of nitrogens with one attached hydrogen (secondary N) is 1. The van der Waals surface area contributed by atoms with Crippen molar-refractivity contribution in [2.24, 2.45) is 5.92 Å². The normalized spacial score (nSPS) is 13.0. The molecule has 0 spiro atoms. The summed E-state index contributed by atoms with van der Waals surface area (Å²) in [6.45, 7) is 9.36. The molecule has 0 bridgehead atoms. The van der Waals surface area contributed by atoms with E-state index in [1.54, 1.807) is 0 Å². The zero-order chi connectivity index (χ0) is 22.1. The number of sulfone groups is 1. The van der Waals surface area contributed by atoms with Gasteiger partial charge in [0.15, 0.2) is 17.2 Å². The standard InChI is InChI=1S/C18H21ClN7O3S/c1-5-30(28,29)12-6-20-14(21-7-12)9-22-15-17(27)26(11(4)10(2)3)16-13(24-15)8-23-18(19)25-16/h6-8,10-11H,1,5,9H2,2-4H3,(H,22,24)/q+1/t11-/m0/s1. The number of anilines is 1. The van der Waals surface area contributed by atoms with Gasteiger partial charge in [-0.15, -0.1) is 0 Å². The summed E-state index contributed by atoms with van der Waals surface area (Å²) in [7, 11) is -3.49. The van der Waals surface area contributed by atoms with Gasteiger partial charge in [-0.05, 0) is 24.4 Å². The van der Waals surface area contributed by atoms with Gasteiger partial charge in [0.1, 0.15) is 16.2 Å². The minimum Gasteiger partial charge on any atom is -0.358 e. The molecule has 0 saturated heterocycles. The second-order valence-electron chi connectivity index (χ2n) is 6.98. The Hall–Kier alpha value is -2.79. The molecule has 3 aromatic rings. The Bertz CT molecular complexity index is 1230. The summed E-state index contributed by atoms with van der Waals surface area (Å²) in [6, 6.07) is -0.169. The summed E-state index contributed by atoms with van der Waals surface area (Å²) >= 11 is 5.92. The third-order valence-electron chi connectivity index (χ3n) is 4.70. The van der Waals surface area contributed by atoms with Crippen molar-refractivity contribution in [3.8, 4) is 0 Å². The zero-order valence-corrected chi connectivity index (χ0v) is 18.3. The summed E-state index contributed by atoms with van der Waals surface area (Å²) in [5, 5.41) is 2.95. The lowest BCUT2D eigenvalue weighted by Crippen LogP contribution is -2.30. The smallest absolute Gasteiger partial charge is 0.295 e. The van der Waals surface area contributed by atoms with E-state index in [1.165, 1.54) is 23.2 Å². The molecule has 3 aromatic heterocycles. The van der Waals surface area contributed by atoms with E-state index in [-0.39, 0.29) is 45.8 Å². The molecule has 158 valence electrons. The fourth-order valence-corrected chi connectivity index (χ4v) is 3.44. The van der Waals surface area contributed by atoms with E-state index in [1.807, 2.05) is 20.8 Å². The van der Waals surface area contributed by atoms with Gasteiger partial charge in [0.05, 0.1) is 19.7 Å². The molecular formula is C18H21ClN7O3S+. The first kappa shape index (κ1) is 21.9. The minimum absolute atomic E-state index is 0.00720. The van der Waals surface area contributed by atoms with Crippen LogP contribution in [-0.4, -0.2) is 43.7 Å². The van der Waals surface area contributed by atoms with Gasteiger partial charge in [-0.25, -0.2) is 28.4 Å². The largest absolute Gasteiger partial charge is 0.358 e. The highest BCUT2D eigenvalue weighted by molar-refractivity contribution is 7.91. The van der Waals surface area contributed by atoms with Gasteiger partial charge in [0.25, 0.3) is 5.56 Å². The van der Waals surface area contributed by atoms with Crippen LogP contribution in [0.1, 0.15) is 32.6 Å². The number of hydrogen-bond donors (Lipinski definition) is 1. The van der Waals surface area contributed by atoms with Crippen LogP contribution >= 0.6 is 11.6 Å². The van der Waals surface area contributed by atoms with Crippen LogP contribution in [0.25, 0.3) is 11.2 Å². The van der Waals surface area contributed by atoms with E-state index in [9.17, 15) is 13.2 Å². The highest BCUT2D eigenvalue weighted by atomic mass is 35.5. The third-order valence-corrected chi connectivity index (χ3v) is 6.35. The van der Waals surface area contributed by atoms with Crippen LogP contribution in [0.2, 0.25) is 5.28 Å². The molecule has 10 nitrogen and oxygen atoms in total. The molecule has 0 aliphatic heterocycles. The lowest BCUT2D eigenvalue weighted by atomic mass is 10.1. The van der Waals surface area contributed by atoms with Crippen molar-refractivity contribution in [1.29, 1.82) is 0 Å². The molecule has 3 heterocycles. The van der Waals surface area contributed by atoms with Crippen LogP contribution in [0.3, 0.4) is 0 Å². The van der Waals surface area contributed by atoms with E-state index in [0.29, 0.717) is 17.0 Å². The molecule has 0 aliphatic rings. The van der Waals surface area contributed by atoms with Gasteiger partial charge < -0.3 is 5.32 Å². The van der Waals surface area contributed by atoms with Crippen molar-refractivity contribution in [3.63, 3.8) is 0 Å². The monoisotopic (exact) mass is 450 g/mol. The van der Waals surface area contributed by atoms with E-state index in [0.717, 1.165) is 0 Å². The van der Waals surface area contributed by atoms with Gasteiger partial charge in [-0.3, -0.25) is 9.36 Å². The Morgan fingerprint density at radius 1 is 1.13 bits per heavy atom. The van der Waals surface area contributed by atoms with Crippen LogP contribution in [0.15, 0.2) is 28.3 Å². The van der Waals surface area contributed by atoms with Crippen LogP contribution in [0.4, 0.5) is 5.82 Å². The maximum atomic E-state index is 13.1. The van der Waals surface area contributed by atoms with Crippen LogP contribution in [0, 0.1) is 12.8 Å².